The summed E-state index contributed by atoms with van der Waals surface area (Å²) < 4.78 is 18.9. The van der Waals surface area contributed by atoms with E-state index < -0.39 is 0 Å². The van der Waals surface area contributed by atoms with Crippen LogP contribution in [0.25, 0.3) is 11.3 Å². The molecule has 1 aliphatic heterocycles. The number of nitrogens with one attached hydrogen (secondary N) is 2. The average Bonchev–Trinajstić information content (AvgIpc) is 3.25. The largest absolute Gasteiger partial charge is 0.496 e. The molecule has 150 valence electrons. The zero-order chi connectivity index (χ0) is 20.2. The minimum atomic E-state index is -0.262. The van der Waals surface area contributed by atoms with Crippen molar-refractivity contribution in [3.63, 3.8) is 0 Å². The third-order valence-corrected chi connectivity index (χ3v) is 5.32. The maximum atomic E-state index is 13.6. The summed E-state index contributed by atoms with van der Waals surface area (Å²) in [5.74, 6) is 0.396. The van der Waals surface area contributed by atoms with Gasteiger partial charge in [-0.3, -0.25) is 9.89 Å². The van der Waals surface area contributed by atoms with E-state index in [1.807, 2.05) is 35.2 Å². The fourth-order valence-corrected chi connectivity index (χ4v) is 3.72. The number of rotatable bonds is 5. The number of H-pyrrole nitrogens is 1. The van der Waals surface area contributed by atoms with E-state index in [9.17, 15) is 9.18 Å². The lowest BCUT2D eigenvalue weighted by molar-refractivity contribution is -0.917. The number of carbonyl (C=O) groups excluding carboxylic acids is 1. The number of quaternary nitrogens is 1. The SMILES string of the molecule is COc1ccc(F)cc1C[NH+]1CCN(C(=O)c2cc(-c3ccccc3)n[nH]2)CC1. The molecule has 1 fully saturated rings. The van der Waals surface area contributed by atoms with Crippen LogP contribution in [0.15, 0.2) is 54.6 Å². The Bertz CT molecular complexity index is 981. The van der Waals surface area contributed by atoms with Crippen LogP contribution < -0.4 is 9.64 Å². The number of carbonyl (C=O) groups is 1. The Morgan fingerprint density at radius 2 is 1.93 bits per heavy atom. The molecule has 0 unspecified atom stereocenters. The third-order valence-electron chi connectivity index (χ3n) is 5.32. The van der Waals surface area contributed by atoms with Crippen LogP contribution in [-0.2, 0) is 6.54 Å². The quantitative estimate of drug-likeness (QED) is 0.692. The van der Waals surface area contributed by atoms with Gasteiger partial charge < -0.3 is 14.5 Å². The van der Waals surface area contributed by atoms with Crippen LogP contribution in [0.5, 0.6) is 5.75 Å². The van der Waals surface area contributed by atoms with Gasteiger partial charge in [0.25, 0.3) is 5.91 Å². The number of benzene rings is 2. The van der Waals surface area contributed by atoms with Crippen LogP contribution >= 0.6 is 0 Å². The van der Waals surface area contributed by atoms with Crippen LogP contribution in [0, 0.1) is 5.82 Å². The van der Waals surface area contributed by atoms with Crippen molar-refractivity contribution in [3.8, 4) is 17.0 Å². The van der Waals surface area contributed by atoms with E-state index in [1.54, 1.807) is 19.2 Å². The molecule has 1 saturated heterocycles. The molecule has 0 saturated carbocycles. The Hall–Kier alpha value is -3.19. The van der Waals surface area contributed by atoms with Gasteiger partial charge in [-0.25, -0.2) is 4.39 Å². The van der Waals surface area contributed by atoms with E-state index >= 15 is 0 Å². The molecule has 4 rings (SSSR count). The fourth-order valence-electron chi connectivity index (χ4n) is 3.72. The van der Waals surface area contributed by atoms with Crippen molar-refractivity contribution >= 4 is 5.91 Å². The van der Waals surface area contributed by atoms with Gasteiger partial charge in [0.15, 0.2) is 0 Å². The number of piperazine rings is 1. The minimum Gasteiger partial charge on any atom is -0.496 e. The van der Waals surface area contributed by atoms with E-state index in [2.05, 4.69) is 10.2 Å². The number of methoxy groups -OCH3 is 1. The van der Waals surface area contributed by atoms with Crippen molar-refractivity contribution in [1.82, 2.24) is 15.1 Å². The van der Waals surface area contributed by atoms with Gasteiger partial charge in [0.05, 0.1) is 44.5 Å². The lowest BCUT2D eigenvalue weighted by Gasteiger charge is -2.32. The van der Waals surface area contributed by atoms with E-state index in [0.29, 0.717) is 31.1 Å². The number of ether oxygens (including phenoxy) is 1. The van der Waals surface area contributed by atoms with Gasteiger partial charge in [-0.1, -0.05) is 30.3 Å². The van der Waals surface area contributed by atoms with Crippen LogP contribution in [0.4, 0.5) is 4.39 Å². The highest BCUT2D eigenvalue weighted by molar-refractivity contribution is 5.93. The highest BCUT2D eigenvalue weighted by atomic mass is 19.1. The Balaban J connectivity index is 1.37. The van der Waals surface area contributed by atoms with Crippen LogP contribution in [-0.4, -0.2) is 54.3 Å². The summed E-state index contributed by atoms with van der Waals surface area (Å²) in [7, 11) is 1.59. The molecule has 1 aliphatic rings. The van der Waals surface area contributed by atoms with Crippen LogP contribution in [0.3, 0.4) is 0 Å². The van der Waals surface area contributed by atoms with Gasteiger partial charge in [0, 0.05) is 5.56 Å². The van der Waals surface area contributed by atoms with E-state index in [0.717, 1.165) is 29.9 Å². The Kier molecular flexibility index (Phi) is 5.57. The second-order valence-electron chi connectivity index (χ2n) is 7.21. The lowest BCUT2D eigenvalue weighted by atomic mass is 10.1. The first kappa shape index (κ1) is 19.1. The molecular formula is C22H24FN4O2+. The number of aromatic amines is 1. The van der Waals surface area contributed by atoms with Gasteiger partial charge in [-0.15, -0.1) is 0 Å². The Labute approximate surface area is 168 Å². The second-order valence-corrected chi connectivity index (χ2v) is 7.21. The maximum absolute atomic E-state index is 13.6. The number of hydrogen-bond acceptors (Lipinski definition) is 3. The standard InChI is InChI=1S/C22H23FN4O2/c1-29-21-8-7-18(23)13-17(21)15-26-9-11-27(12-10-26)22(28)20-14-19(24-25-20)16-5-3-2-4-6-16/h2-8,13-14H,9-12,15H2,1H3,(H,24,25)/p+1. The first-order valence-electron chi connectivity index (χ1n) is 9.70. The monoisotopic (exact) mass is 395 g/mol. The van der Waals surface area contributed by atoms with Crippen molar-refractivity contribution < 1.29 is 18.8 Å². The van der Waals surface area contributed by atoms with Crippen LogP contribution in [0.2, 0.25) is 0 Å². The molecule has 7 heteroatoms. The molecule has 0 spiro atoms. The van der Waals surface area contributed by atoms with E-state index in [-0.39, 0.29) is 11.7 Å². The zero-order valence-corrected chi connectivity index (χ0v) is 16.3. The molecule has 29 heavy (non-hydrogen) atoms. The summed E-state index contributed by atoms with van der Waals surface area (Å²) >= 11 is 0. The van der Waals surface area contributed by atoms with Gasteiger partial charge in [-0.2, -0.15) is 5.10 Å². The lowest BCUT2D eigenvalue weighted by Crippen LogP contribution is -3.13. The molecule has 1 aromatic heterocycles. The second kappa shape index (κ2) is 8.45. The average molecular weight is 395 g/mol. The zero-order valence-electron chi connectivity index (χ0n) is 16.3. The van der Waals surface area contributed by atoms with Crippen molar-refractivity contribution in [3.05, 3.63) is 71.7 Å². The van der Waals surface area contributed by atoms with Gasteiger partial charge in [0.1, 0.15) is 23.8 Å². The topological polar surface area (TPSA) is 62.7 Å². The molecule has 0 bridgehead atoms. The highest BCUT2D eigenvalue weighted by Crippen LogP contribution is 2.19. The number of nitrogens with zero attached hydrogens (tertiary/aromatic N) is 2. The van der Waals surface area contributed by atoms with Crippen molar-refractivity contribution in [2.24, 2.45) is 0 Å². The minimum absolute atomic E-state index is 0.0398. The van der Waals surface area contributed by atoms with Crippen molar-refractivity contribution in [1.29, 1.82) is 0 Å². The number of aromatic nitrogens is 2. The molecule has 2 N–H and O–H groups in total. The molecule has 6 nitrogen and oxygen atoms in total. The van der Waals surface area contributed by atoms with Gasteiger partial charge >= 0.3 is 0 Å². The maximum Gasteiger partial charge on any atom is 0.272 e. The molecule has 0 aliphatic carbocycles. The highest BCUT2D eigenvalue weighted by Gasteiger charge is 2.26. The molecule has 3 aromatic rings. The summed E-state index contributed by atoms with van der Waals surface area (Å²) in [6.07, 6.45) is 0. The fraction of sp³-hybridized carbons (Fsp3) is 0.273. The van der Waals surface area contributed by atoms with Gasteiger partial charge in [-0.05, 0) is 24.3 Å². The molecule has 0 atom stereocenters. The predicted molar refractivity (Wildman–Crippen MR) is 107 cm³/mol. The number of halogens is 1. The molecule has 2 aromatic carbocycles. The summed E-state index contributed by atoms with van der Waals surface area (Å²) in [6, 6.07) is 16.2. The van der Waals surface area contributed by atoms with Crippen LogP contribution in [0.1, 0.15) is 16.1 Å². The summed E-state index contributed by atoms with van der Waals surface area (Å²) in [6.45, 7) is 3.55. The molecule has 0 radical (unpaired) electrons. The summed E-state index contributed by atoms with van der Waals surface area (Å²) in [5.41, 5.74) is 3.08. The molecular weight excluding hydrogens is 371 g/mol. The van der Waals surface area contributed by atoms with Crippen molar-refractivity contribution in [2.75, 3.05) is 33.3 Å². The smallest absolute Gasteiger partial charge is 0.272 e. The summed E-state index contributed by atoms with van der Waals surface area (Å²) in [5, 5.41) is 7.14. The Morgan fingerprint density at radius 3 is 2.66 bits per heavy atom. The van der Waals surface area contributed by atoms with E-state index in [1.165, 1.54) is 17.0 Å². The number of amides is 1. The molecule has 1 amide bonds. The number of hydrogen-bond donors (Lipinski definition) is 2. The Morgan fingerprint density at radius 1 is 1.17 bits per heavy atom. The first-order valence-corrected chi connectivity index (χ1v) is 9.70. The first-order chi connectivity index (χ1) is 14.1. The predicted octanol–water partition coefficient (Wildman–Crippen LogP) is 1.77. The summed E-state index contributed by atoms with van der Waals surface area (Å²) in [4.78, 5) is 16.0. The third kappa shape index (κ3) is 4.30. The normalized spacial score (nSPS) is 14.8. The van der Waals surface area contributed by atoms with Crippen molar-refractivity contribution in [2.45, 2.75) is 6.54 Å². The molecule has 2 heterocycles. The van der Waals surface area contributed by atoms with Gasteiger partial charge in [0.2, 0.25) is 0 Å². The van der Waals surface area contributed by atoms with E-state index in [4.69, 9.17) is 4.74 Å².